The number of hydrogen-bond acceptors (Lipinski definition) is 0. The highest BCUT2D eigenvalue weighted by Gasteiger charge is 2.18. The predicted molar refractivity (Wildman–Crippen MR) is 68.2 cm³/mol. The van der Waals surface area contributed by atoms with Crippen LogP contribution in [0.3, 0.4) is 0 Å². The Morgan fingerprint density at radius 3 is 2.16 bits per heavy atom. The molecule has 0 amide bonds. The lowest BCUT2D eigenvalue weighted by Crippen LogP contribution is -2.00. The van der Waals surface area contributed by atoms with Crippen molar-refractivity contribution in [2.24, 2.45) is 0 Å². The van der Waals surface area contributed by atoms with Crippen LogP contribution >= 0.6 is 15.9 Å². The van der Waals surface area contributed by atoms with Crippen LogP contribution in [-0.4, -0.2) is 0 Å². The first kappa shape index (κ1) is 14.1. The van der Waals surface area contributed by atoms with Crippen LogP contribution < -0.4 is 0 Å². The summed E-state index contributed by atoms with van der Waals surface area (Å²) in [7, 11) is 0. The lowest BCUT2D eigenvalue weighted by Gasteiger charge is -2.13. The Labute approximate surface area is 116 Å². The quantitative estimate of drug-likeness (QED) is 0.534. The van der Waals surface area contributed by atoms with E-state index in [9.17, 15) is 17.6 Å². The van der Waals surface area contributed by atoms with Gasteiger partial charge in [0, 0.05) is 5.56 Å². The molecule has 1 atom stereocenters. The monoisotopic (exact) mass is 332 g/mol. The highest BCUT2D eigenvalue weighted by Crippen LogP contribution is 2.34. The summed E-state index contributed by atoms with van der Waals surface area (Å²) in [5.41, 5.74) is 0.529. The van der Waals surface area contributed by atoms with E-state index in [1.165, 1.54) is 13.0 Å². The molecule has 19 heavy (non-hydrogen) atoms. The second-order valence-electron chi connectivity index (χ2n) is 4.16. The lowest BCUT2D eigenvalue weighted by molar-refractivity contribution is 0.507. The minimum Gasteiger partial charge on any atom is -0.207 e. The predicted octanol–water partition coefficient (Wildman–Crippen LogP) is 5.04. The number of rotatable bonds is 2. The summed E-state index contributed by atoms with van der Waals surface area (Å²) in [6.45, 7) is 1.45. The normalized spacial score (nSPS) is 12.5. The van der Waals surface area contributed by atoms with Crippen LogP contribution in [0.4, 0.5) is 17.6 Å². The summed E-state index contributed by atoms with van der Waals surface area (Å²) in [6.07, 6.45) is 0. The van der Waals surface area contributed by atoms with Gasteiger partial charge in [-0.25, -0.2) is 17.6 Å². The van der Waals surface area contributed by atoms with Gasteiger partial charge in [-0.15, -0.1) is 0 Å². The second-order valence-corrected chi connectivity index (χ2v) is 5.07. The molecule has 2 rings (SSSR count). The molecule has 5 heteroatoms. The lowest BCUT2D eigenvalue weighted by atomic mass is 10.0. The van der Waals surface area contributed by atoms with Crippen LogP contribution in [-0.2, 0) is 0 Å². The van der Waals surface area contributed by atoms with E-state index in [4.69, 9.17) is 0 Å². The van der Waals surface area contributed by atoms with Crippen molar-refractivity contribution < 1.29 is 17.6 Å². The van der Waals surface area contributed by atoms with Gasteiger partial charge < -0.3 is 0 Å². The van der Waals surface area contributed by atoms with E-state index >= 15 is 0 Å². The van der Waals surface area contributed by atoms with E-state index in [0.29, 0.717) is 5.56 Å². The molecule has 0 fully saturated rings. The summed E-state index contributed by atoms with van der Waals surface area (Å²) in [4.78, 5) is -0.752. The Balaban J connectivity index is 2.46. The molecule has 0 saturated carbocycles. The fourth-order valence-corrected chi connectivity index (χ4v) is 2.34. The zero-order valence-corrected chi connectivity index (χ0v) is 11.4. The third-order valence-electron chi connectivity index (χ3n) is 2.79. The van der Waals surface area contributed by atoms with Crippen LogP contribution in [0.5, 0.6) is 0 Å². The average molecular weight is 333 g/mol. The molecule has 0 nitrogen and oxygen atoms in total. The molecule has 0 bridgehead atoms. The van der Waals surface area contributed by atoms with Gasteiger partial charge in [0.15, 0.2) is 11.6 Å². The van der Waals surface area contributed by atoms with Crippen molar-refractivity contribution in [3.8, 4) is 0 Å². The van der Waals surface area contributed by atoms with Gasteiger partial charge in [-0.3, -0.25) is 0 Å². The van der Waals surface area contributed by atoms with Crippen molar-refractivity contribution in [3.63, 3.8) is 0 Å². The number of benzene rings is 2. The van der Waals surface area contributed by atoms with E-state index in [0.717, 1.165) is 24.3 Å². The van der Waals surface area contributed by atoms with E-state index in [2.05, 4.69) is 15.9 Å². The molecule has 0 radical (unpaired) electrons. The van der Waals surface area contributed by atoms with Gasteiger partial charge in [0.05, 0.1) is 4.83 Å². The smallest absolute Gasteiger partial charge is 0.159 e. The third-order valence-corrected chi connectivity index (χ3v) is 3.81. The molecule has 0 aliphatic heterocycles. The zero-order chi connectivity index (χ0) is 14.2. The van der Waals surface area contributed by atoms with Crippen LogP contribution in [0, 0.1) is 30.2 Å². The standard InChI is InChI=1S/C14H9BrF4/c1-7-4-12(18)9(6-11(7)17)14(15)8-2-3-10(16)13(19)5-8/h2-6,14H,1H3. The van der Waals surface area contributed by atoms with Gasteiger partial charge in [-0.1, -0.05) is 22.0 Å². The fraction of sp³-hybridized carbons (Fsp3) is 0.143. The van der Waals surface area contributed by atoms with Gasteiger partial charge in [0.25, 0.3) is 0 Å². The van der Waals surface area contributed by atoms with Gasteiger partial charge in [0.2, 0.25) is 0 Å². The van der Waals surface area contributed by atoms with Crippen molar-refractivity contribution in [1.82, 2.24) is 0 Å². The van der Waals surface area contributed by atoms with Crippen molar-refractivity contribution >= 4 is 15.9 Å². The van der Waals surface area contributed by atoms with Gasteiger partial charge in [0.1, 0.15) is 11.6 Å². The summed E-state index contributed by atoms with van der Waals surface area (Å²) >= 11 is 3.17. The van der Waals surface area contributed by atoms with Gasteiger partial charge in [-0.2, -0.15) is 0 Å². The summed E-state index contributed by atoms with van der Waals surface area (Å²) in [5.74, 6) is -3.18. The molecule has 0 aliphatic rings. The van der Waals surface area contributed by atoms with E-state index in [1.54, 1.807) is 0 Å². The number of alkyl halides is 1. The van der Waals surface area contributed by atoms with Crippen molar-refractivity contribution in [3.05, 3.63) is 70.3 Å². The number of halogens is 5. The maximum absolute atomic E-state index is 13.8. The zero-order valence-electron chi connectivity index (χ0n) is 9.85. The first-order chi connectivity index (χ1) is 8.90. The second kappa shape index (κ2) is 5.33. The molecule has 0 spiro atoms. The molecule has 0 heterocycles. The average Bonchev–Trinajstić information content (AvgIpc) is 2.36. The molecule has 2 aromatic carbocycles. The minimum atomic E-state index is -1.03. The van der Waals surface area contributed by atoms with Crippen molar-refractivity contribution in [2.45, 2.75) is 11.8 Å². The summed E-state index contributed by atoms with van der Waals surface area (Å²) < 4.78 is 53.2. The molecule has 0 saturated heterocycles. The molecule has 100 valence electrons. The Kier molecular flexibility index (Phi) is 3.94. The molecule has 1 unspecified atom stereocenters. The van der Waals surface area contributed by atoms with Crippen LogP contribution in [0.25, 0.3) is 0 Å². The highest BCUT2D eigenvalue weighted by molar-refractivity contribution is 9.09. The first-order valence-electron chi connectivity index (χ1n) is 5.44. The number of hydrogen-bond donors (Lipinski definition) is 0. The van der Waals surface area contributed by atoms with Gasteiger partial charge >= 0.3 is 0 Å². The molecule has 0 aliphatic carbocycles. The Hall–Kier alpha value is -1.36. The molecule has 0 N–H and O–H groups in total. The largest absolute Gasteiger partial charge is 0.207 e. The molecular formula is C14H9BrF4. The number of aryl methyl sites for hydroxylation is 1. The van der Waals surface area contributed by atoms with Crippen LogP contribution in [0.1, 0.15) is 21.5 Å². The van der Waals surface area contributed by atoms with Crippen molar-refractivity contribution in [2.75, 3.05) is 0 Å². The molecule has 0 aromatic heterocycles. The summed E-state index contributed by atoms with van der Waals surface area (Å²) in [5, 5.41) is 0. The molecular weight excluding hydrogens is 324 g/mol. The fourth-order valence-electron chi connectivity index (χ4n) is 1.71. The third kappa shape index (κ3) is 2.81. The Morgan fingerprint density at radius 2 is 1.53 bits per heavy atom. The van der Waals surface area contributed by atoms with Crippen molar-refractivity contribution in [1.29, 1.82) is 0 Å². The Morgan fingerprint density at radius 1 is 0.842 bits per heavy atom. The van der Waals surface area contributed by atoms with E-state index in [1.807, 2.05) is 0 Å². The van der Waals surface area contributed by atoms with Crippen LogP contribution in [0.2, 0.25) is 0 Å². The Bertz CT molecular complexity index is 625. The SMILES string of the molecule is Cc1cc(F)c(C(Br)c2ccc(F)c(F)c2)cc1F. The topological polar surface area (TPSA) is 0 Å². The van der Waals surface area contributed by atoms with Crippen LogP contribution in [0.15, 0.2) is 30.3 Å². The summed E-state index contributed by atoms with van der Waals surface area (Å²) in [6, 6.07) is 5.33. The maximum Gasteiger partial charge on any atom is 0.159 e. The maximum atomic E-state index is 13.8. The molecule has 2 aromatic rings. The first-order valence-corrected chi connectivity index (χ1v) is 6.36. The van der Waals surface area contributed by atoms with Gasteiger partial charge in [-0.05, 0) is 42.3 Å². The van der Waals surface area contributed by atoms with E-state index in [-0.39, 0.29) is 11.1 Å². The minimum absolute atomic E-state index is 0.0362. The highest BCUT2D eigenvalue weighted by atomic mass is 79.9. The van der Waals surface area contributed by atoms with E-state index < -0.39 is 28.1 Å².